The van der Waals surface area contributed by atoms with Crippen LogP contribution in [0.4, 0.5) is 0 Å². The fourth-order valence-corrected chi connectivity index (χ4v) is 3.72. The molecule has 4 rings (SSSR count). The van der Waals surface area contributed by atoms with Crippen molar-refractivity contribution >= 4 is 5.91 Å². The van der Waals surface area contributed by atoms with E-state index < -0.39 is 0 Å². The van der Waals surface area contributed by atoms with Gasteiger partial charge in [-0.25, -0.2) is 19.9 Å². The molecule has 1 aliphatic rings. The SMILES string of the molecule is Cc1cc([C@H]2CCCCN2C(=O)c2ccncn2)nc(-c2c(C)noc2C)n1. The maximum Gasteiger partial charge on any atom is 0.273 e. The highest BCUT2D eigenvalue weighted by Crippen LogP contribution is 2.33. The molecule has 0 saturated carbocycles. The molecule has 0 unspecified atom stereocenters. The maximum atomic E-state index is 13.1. The molecule has 0 spiro atoms. The van der Waals surface area contributed by atoms with E-state index in [4.69, 9.17) is 9.51 Å². The van der Waals surface area contributed by atoms with E-state index in [-0.39, 0.29) is 11.9 Å². The summed E-state index contributed by atoms with van der Waals surface area (Å²) in [4.78, 5) is 32.3. The zero-order valence-electron chi connectivity index (χ0n) is 16.2. The lowest BCUT2D eigenvalue weighted by atomic mass is 9.98. The molecule has 0 N–H and O–H groups in total. The number of hydrogen-bond donors (Lipinski definition) is 0. The van der Waals surface area contributed by atoms with Gasteiger partial charge in [-0.2, -0.15) is 0 Å². The Hall–Kier alpha value is -3.16. The number of likely N-dealkylation sites (tertiary alicyclic amines) is 1. The van der Waals surface area contributed by atoms with Gasteiger partial charge in [0.25, 0.3) is 5.91 Å². The van der Waals surface area contributed by atoms with Crippen molar-refractivity contribution in [1.29, 1.82) is 0 Å². The summed E-state index contributed by atoms with van der Waals surface area (Å²) in [6.45, 7) is 6.35. The molecular formula is C20H22N6O2. The predicted octanol–water partition coefficient (Wildman–Crippen LogP) is 3.21. The van der Waals surface area contributed by atoms with Crippen molar-refractivity contribution in [2.45, 2.75) is 46.1 Å². The van der Waals surface area contributed by atoms with Crippen LogP contribution in [0, 0.1) is 20.8 Å². The van der Waals surface area contributed by atoms with Crippen LogP contribution in [-0.2, 0) is 0 Å². The third-order valence-electron chi connectivity index (χ3n) is 5.04. The fourth-order valence-electron chi connectivity index (χ4n) is 3.72. The van der Waals surface area contributed by atoms with Crippen molar-refractivity contribution in [2.75, 3.05) is 6.54 Å². The average Bonchev–Trinajstić information content (AvgIpc) is 3.06. The van der Waals surface area contributed by atoms with Crippen LogP contribution in [-0.4, -0.2) is 42.4 Å². The Labute approximate surface area is 163 Å². The standard InChI is InChI=1S/C20H22N6O2/c1-12-10-16(24-19(23-12)18-13(2)25-28-14(18)3)17-6-4-5-9-26(17)20(27)15-7-8-21-11-22-15/h7-8,10-11,17H,4-6,9H2,1-3H3/t17-/m1/s1. The van der Waals surface area contributed by atoms with Crippen LogP contribution in [0.25, 0.3) is 11.4 Å². The van der Waals surface area contributed by atoms with Gasteiger partial charge in [-0.05, 0) is 52.2 Å². The van der Waals surface area contributed by atoms with Gasteiger partial charge in [0, 0.05) is 18.4 Å². The number of aryl methyl sites for hydroxylation is 3. The van der Waals surface area contributed by atoms with E-state index in [1.165, 1.54) is 6.33 Å². The fraction of sp³-hybridized carbons (Fsp3) is 0.400. The first-order valence-electron chi connectivity index (χ1n) is 9.40. The van der Waals surface area contributed by atoms with Crippen molar-refractivity contribution in [3.8, 4) is 11.4 Å². The predicted molar refractivity (Wildman–Crippen MR) is 101 cm³/mol. The minimum atomic E-state index is -0.114. The second-order valence-electron chi connectivity index (χ2n) is 7.06. The van der Waals surface area contributed by atoms with Crippen LogP contribution in [0.5, 0.6) is 0 Å². The lowest BCUT2D eigenvalue weighted by Crippen LogP contribution is -2.39. The van der Waals surface area contributed by atoms with Crippen LogP contribution in [0.15, 0.2) is 29.2 Å². The molecule has 0 radical (unpaired) electrons. The molecule has 1 aliphatic heterocycles. The first-order valence-corrected chi connectivity index (χ1v) is 9.40. The number of nitrogens with zero attached hydrogens (tertiary/aromatic N) is 6. The topological polar surface area (TPSA) is 97.9 Å². The highest BCUT2D eigenvalue weighted by atomic mass is 16.5. The molecule has 28 heavy (non-hydrogen) atoms. The molecule has 1 atom stereocenters. The van der Waals surface area contributed by atoms with Gasteiger partial charge in [0.2, 0.25) is 0 Å². The zero-order chi connectivity index (χ0) is 19.7. The number of amides is 1. The van der Waals surface area contributed by atoms with E-state index in [9.17, 15) is 4.79 Å². The maximum absolute atomic E-state index is 13.1. The summed E-state index contributed by atoms with van der Waals surface area (Å²) in [5.74, 6) is 1.18. The van der Waals surface area contributed by atoms with Crippen LogP contribution < -0.4 is 0 Å². The van der Waals surface area contributed by atoms with Crippen LogP contribution in [0.2, 0.25) is 0 Å². The van der Waals surface area contributed by atoms with Crippen molar-refractivity contribution in [3.63, 3.8) is 0 Å². The Bertz CT molecular complexity index is 982. The summed E-state index contributed by atoms with van der Waals surface area (Å²) in [7, 11) is 0. The quantitative estimate of drug-likeness (QED) is 0.690. The molecule has 144 valence electrons. The molecule has 3 aromatic heterocycles. The van der Waals surface area contributed by atoms with Gasteiger partial charge in [0.05, 0.1) is 23.0 Å². The Balaban J connectivity index is 1.73. The number of piperidine rings is 1. The highest BCUT2D eigenvalue weighted by molar-refractivity contribution is 5.92. The van der Waals surface area contributed by atoms with Crippen LogP contribution in [0.1, 0.15) is 58.6 Å². The lowest BCUT2D eigenvalue weighted by Gasteiger charge is -2.35. The molecule has 0 aliphatic carbocycles. The smallest absolute Gasteiger partial charge is 0.273 e. The molecule has 0 aromatic carbocycles. The van der Waals surface area contributed by atoms with E-state index in [0.717, 1.165) is 41.9 Å². The van der Waals surface area contributed by atoms with Crippen molar-refractivity contribution in [2.24, 2.45) is 0 Å². The molecule has 4 heterocycles. The second kappa shape index (κ2) is 7.46. The van der Waals surface area contributed by atoms with Gasteiger partial charge in [0.1, 0.15) is 17.8 Å². The number of rotatable bonds is 3. The third kappa shape index (κ3) is 3.37. The Morgan fingerprint density at radius 2 is 2.07 bits per heavy atom. The normalized spacial score (nSPS) is 17.0. The monoisotopic (exact) mass is 378 g/mol. The number of carbonyl (C=O) groups is 1. The molecule has 1 amide bonds. The summed E-state index contributed by atoms with van der Waals surface area (Å²) in [5, 5.41) is 4.01. The van der Waals surface area contributed by atoms with Crippen molar-refractivity contribution < 1.29 is 9.32 Å². The molecule has 3 aromatic rings. The first-order chi connectivity index (χ1) is 13.5. The summed E-state index contributed by atoms with van der Waals surface area (Å²) < 4.78 is 5.28. The number of aromatic nitrogens is 5. The second-order valence-corrected chi connectivity index (χ2v) is 7.06. The van der Waals surface area contributed by atoms with Crippen LogP contribution >= 0.6 is 0 Å². The summed E-state index contributed by atoms with van der Waals surface area (Å²) in [6, 6.07) is 3.49. The van der Waals surface area contributed by atoms with Crippen LogP contribution in [0.3, 0.4) is 0 Å². The molecule has 1 saturated heterocycles. The highest BCUT2D eigenvalue weighted by Gasteiger charge is 2.31. The summed E-state index contributed by atoms with van der Waals surface area (Å²) in [6.07, 6.45) is 5.85. The van der Waals surface area contributed by atoms with Gasteiger partial charge in [0.15, 0.2) is 5.82 Å². The summed E-state index contributed by atoms with van der Waals surface area (Å²) >= 11 is 0. The molecule has 0 bridgehead atoms. The number of carbonyl (C=O) groups excluding carboxylic acids is 1. The minimum Gasteiger partial charge on any atom is -0.361 e. The van der Waals surface area contributed by atoms with Gasteiger partial charge < -0.3 is 9.42 Å². The third-order valence-corrected chi connectivity index (χ3v) is 5.04. The van der Waals surface area contributed by atoms with Crippen molar-refractivity contribution in [1.82, 2.24) is 30.0 Å². The average molecular weight is 378 g/mol. The Morgan fingerprint density at radius 3 is 2.79 bits per heavy atom. The Kier molecular flexibility index (Phi) is 4.85. The van der Waals surface area contributed by atoms with E-state index in [1.807, 2.05) is 31.7 Å². The summed E-state index contributed by atoms with van der Waals surface area (Å²) in [5.41, 5.74) is 3.66. The molecule has 8 nitrogen and oxygen atoms in total. The molecular weight excluding hydrogens is 356 g/mol. The van der Waals surface area contributed by atoms with Gasteiger partial charge in [-0.3, -0.25) is 4.79 Å². The van der Waals surface area contributed by atoms with E-state index in [1.54, 1.807) is 12.3 Å². The van der Waals surface area contributed by atoms with E-state index in [2.05, 4.69) is 20.1 Å². The van der Waals surface area contributed by atoms with E-state index in [0.29, 0.717) is 23.8 Å². The molecule has 8 heteroatoms. The first kappa shape index (κ1) is 18.2. The largest absolute Gasteiger partial charge is 0.361 e. The van der Waals surface area contributed by atoms with Gasteiger partial charge in [-0.15, -0.1) is 0 Å². The minimum absolute atomic E-state index is 0.0951. The van der Waals surface area contributed by atoms with Crippen molar-refractivity contribution in [3.05, 3.63) is 53.2 Å². The lowest BCUT2D eigenvalue weighted by molar-refractivity contribution is 0.0599. The zero-order valence-corrected chi connectivity index (χ0v) is 16.2. The van der Waals surface area contributed by atoms with Gasteiger partial charge in [-0.1, -0.05) is 5.16 Å². The van der Waals surface area contributed by atoms with E-state index >= 15 is 0 Å². The Morgan fingerprint density at radius 1 is 1.21 bits per heavy atom. The van der Waals surface area contributed by atoms with Gasteiger partial charge >= 0.3 is 0 Å². The molecule has 1 fully saturated rings. The number of hydrogen-bond acceptors (Lipinski definition) is 7.